The first kappa shape index (κ1) is 23.9. The molecule has 0 spiro atoms. The van der Waals surface area contributed by atoms with Crippen LogP contribution in [0.15, 0.2) is 54.6 Å². The van der Waals surface area contributed by atoms with Crippen LogP contribution in [0.25, 0.3) is 0 Å². The zero-order valence-corrected chi connectivity index (χ0v) is 19.7. The van der Waals surface area contributed by atoms with E-state index in [1.54, 1.807) is 19.1 Å². The van der Waals surface area contributed by atoms with Gasteiger partial charge in [-0.1, -0.05) is 24.0 Å². The molecule has 2 N–H and O–H groups in total. The van der Waals surface area contributed by atoms with E-state index in [1.807, 2.05) is 0 Å². The molecule has 2 aliphatic heterocycles. The summed E-state index contributed by atoms with van der Waals surface area (Å²) in [6, 6.07) is 11.8. The van der Waals surface area contributed by atoms with Gasteiger partial charge in [0.05, 0.1) is 25.3 Å². The number of carbonyl (C=O) groups is 1. The van der Waals surface area contributed by atoms with Crippen LogP contribution in [-0.4, -0.2) is 52.7 Å². The molecule has 184 valence electrons. The van der Waals surface area contributed by atoms with Crippen LogP contribution < -0.4 is 5.32 Å². The smallest absolute Gasteiger partial charge is 0.270 e. The van der Waals surface area contributed by atoms with Crippen molar-refractivity contribution >= 4 is 5.91 Å². The van der Waals surface area contributed by atoms with Crippen LogP contribution in [-0.2, 0) is 4.74 Å². The first-order chi connectivity index (χ1) is 17.4. The zero-order chi connectivity index (χ0) is 25.2. The van der Waals surface area contributed by atoms with Gasteiger partial charge in [-0.2, -0.15) is 0 Å². The standard InChI is InChI=1S/C28H25F2N3O3/c1-17-11-18(3-2-10-33-15-23-14-22(33)16-36-23)12-25(31-17)28(35)32-27(19-4-6-20(29)7-5-19)24-13-21(30)8-9-26(24)34/h4-9,11-13,22-23,27,34H,10,14-16H2,1H3,(H,32,35)/t22-,23-,27?/m0/s1. The number of fused-ring (bicyclic) bond motifs is 2. The summed E-state index contributed by atoms with van der Waals surface area (Å²) in [5.41, 5.74) is 2.03. The third kappa shape index (κ3) is 5.23. The highest BCUT2D eigenvalue weighted by Gasteiger charge is 2.38. The summed E-state index contributed by atoms with van der Waals surface area (Å²) in [6.07, 6.45) is 1.36. The molecule has 8 heteroatoms. The fourth-order valence-electron chi connectivity index (χ4n) is 4.73. The molecule has 2 fully saturated rings. The summed E-state index contributed by atoms with van der Waals surface area (Å²) in [5.74, 6) is 4.55. The molecular formula is C28H25F2N3O3. The normalized spacial score (nSPS) is 19.5. The maximum absolute atomic E-state index is 14.0. The van der Waals surface area contributed by atoms with Gasteiger partial charge in [0.25, 0.3) is 5.91 Å². The van der Waals surface area contributed by atoms with Gasteiger partial charge in [-0.25, -0.2) is 13.8 Å². The number of ether oxygens (including phenoxy) is 1. The van der Waals surface area contributed by atoms with Gasteiger partial charge in [0, 0.05) is 29.4 Å². The number of benzene rings is 2. The number of morpholine rings is 1. The lowest BCUT2D eigenvalue weighted by Gasteiger charge is -2.24. The molecule has 3 aromatic rings. The molecule has 1 aromatic heterocycles. The van der Waals surface area contributed by atoms with Crippen LogP contribution in [0.2, 0.25) is 0 Å². The number of phenolic OH excluding ortho intramolecular Hbond substituents is 1. The Morgan fingerprint density at radius 2 is 1.97 bits per heavy atom. The fraction of sp³-hybridized carbons (Fsp3) is 0.286. The average Bonchev–Trinajstić information content (AvgIpc) is 3.48. The van der Waals surface area contributed by atoms with E-state index in [2.05, 4.69) is 27.0 Å². The number of nitrogens with one attached hydrogen (secondary N) is 1. The number of pyridine rings is 1. The Bertz CT molecular complexity index is 1350. The quantitative estimate of drug-likeness (QED) is 0.535. The lowest BCUT2D eigenvalue weighted by molar-refractivity contribution is 0.0363. The van der Waals surface area contributed by atoms with Crippen LogP contribution in [0.4, 0.5) is 8.78 Å². The van der Waals surface area contributed by atoms with Crippen molar-refractivity contribution in [3.05, 3.63) is 94.3 Å². The van der Waals surface area contributed by atoms with Gasteiger partial charge in [0.15, 0.2) is 0 Å². The topological polar surface area (TPSA) is 74.7 Å². The molecule has 1 amide bonds. The number of amides is 1. The highest BCUT2D eigenvalue weighted by atomic mass is 19.1. The number of hydrogen-bond acceptors (Lipinski definition) is 5. The molecule has 0 radical (unpaired) electrons. The third-order valence-corrected chi connectivity index (χ3v) is 6.49. The van der Waals surface area contributed by atoms with E-state index in [0.717, 1.165) is 31.7 Å². The van der Waals surface area contributed by atoms with Crippen molar-refractivity contribution < 1.29 is 23.4 Å². The van der Waals surface area contributed by atoms with Gasteiger partial charge < -0.3 is 15.2 Å². The molecule has 0 saturated carbocycles. The molecule has 0 aliphatic carbocycles. The monoisotopic (exact) mass is 489 g/mol. The second-order valence-corrected chi connectivity index (χ2v) is 9.12. The molecule has 2 saturated heterocycles. The van der Waals surface area contributed by atoms with Gasteiger partial charge >= 0.3 is 0 Å². The van der Waals surface area contributed by atoms with Gasteiger partial charge in [0.2, 0.25) is 0 Å². The minimum atomic E-state index is -0.932. The van der Waals surface area contributed by atoms with Crippen molar-refractivity contribution in [1.82, 2.24) is 15.2 Å². The summed E-state index contributed by atoms with van der Waals surface area (Å²) in [5, 5.41) is 13.2. The van der Waals surface area contributed by atoms with E-state index in [-0.39, 0.29) is 17.0 Å². The Morgan fingerprint density at radius 1 is 1.19 bits per heavy atom. The number of carbonyl (C=O) groups excluding carboxylic acids is 1. The van der Waals surface area contributed by atoms with Crippen molar-refractivity contribution in [2.45, 2.75) is 31.5 Å². The molecule has 3 atom stereocenters. The first-order valence-electron chi connectivity index (χ1n) is 11.7. The lowest BCUT2D eigenvalue weighted by atomic mass is 9.97. The minimum Gasteiger partial charge on any atom is -0.508 e. The zero-order valence-electron chi connectivity index (χ0n) is 19.7. The number of halogens is 2. The van der Waals surface area contributed by atoms with Crippen molar-refractivity contribution in [2.24, 2.45) is 0 Å². The van der Waals surface area contributed by atoms with E-state index in [9.17, 15) is 18.7 Å². The first-order valence-corrected chi connectivity index (χ1v) is 11.7. The predicted molar refractivity (Wildman–Crippen MR) is 129 cm³/mol. The maximum atomic E-state index is 14.0. The predicted octanol–water partition coefficient (Wildman–Crippen LogP) is 3.72. The largest absolute Gasteiger partial charge is 0.508 e. The van der Waals surface area contributed by atoms with Crippen molar-refractivity contribution in [2.75, 3.05) is 19.7 Å². The Hall–Kier alpha value is -3.80. The lowest BCUT2D eigenvalue weighted by Crippen LogP contribution is -2.37. The van der Waals surface area contributed by atoms with E-state index in [1.165, 1.54) is 30.3 Å². The molecule has 3 heterocycles. The molecule has 2 bridgehead atoms. The Labute approximate surface area is 207 Å². The third-order valence-electron chi connectivity index (χ3n) is 6.49. The van der Waals surface area contributed by atoms with E-state index in [0.29, 0.717) is 35.5 Å². The number of nitrogens with zero attached hydrogens (tertiary/aromatic N) is 2. The van der Waals surface area contributed by atoms with Crippen LogP contribution in [0.1, 0.15) is 45.3 Å². The second kappa shape index (κ2) is 10.1. The number of hydrogen-bond donors (Lipinski definition) is 2. The molecule has 36 heavy (non-hydrogen) atoms. The maximum Gasteiger partial charge on any atom is 0.270 e. The molecule has 6 nitrogen and oxygen atoms in total. The van der Waals surface area contributed by atoms with Crippen LogP contribution in [0, 0.1) is 30.4 Å². The average molecular weight is 490 g/mol. The molecular weight excluding hydrogens is 464 g/mol. The number of likely N-dealkylation sites (tertiary alicyclic amines) is 1. The second-order valence-electron chi connectivity index (χ2n) is 9.12. The van der Waals surface area contributed by atoms with Gasteiger partial charge in [-0.15, -0.1) is 0 Å². The summed E-state index contributed by atoms with van der Waals surface area (Å²) in [7, 11) is 0. The van der Waals surface area contributed by atoms with E-state index < -0.39 is 23.6 Å². The molecule has 2 aromatic carbocycles. The highest BCUT2D eigenvalue weighted by Crippen LogP contribution is 2.31. The summed E-state index contributed by atoms with van der Waals surface area (Å²) < 4.78 is 33.2. The van der Waals surface area contributed by atoms with E-state index >= 15 is 0 Å². The molecule has 2 aliphatic rings. The van der Waals surface area contributed by atoms with Crippen molar-refractivity contribution in [3.63, 3.8) is 0 Å². The molecule has 5 rings (SSSR count). The minimum absolute atomic E-state index is 0.135. The Kier molecular flexibility index (Phi) is 6.68. The van der Waals surface area contributed by atoms with Gasteiger partial charge in [-0.05, 0) is 61.4 Å². The van der Waals surface area contributed by atoms with Crippen LogP contribution in [0.3, 0.4) is 0 Å². The van der Waals surface area contributed by atoms with E-state index in [4.69, 9.17) is 4.74 Å². The summed E-state index contributed by atoms with van der Waals surface area (Å²) in [6.45, 7) is 4.04. The number of aromatic hydroxyl groups is 1. The highest BCUT2D eigenvalue weighted by molar-refractivity contribution is 5.93. The number of rotatable bonds is 5. The summed E-state index contributed by atoms with van der Waals surface area (Å²) >= 11 is 0. The van der Waals surface area contributed by atoms with Crippen LogP contribution >= 0.6 is 0 Å². The molecule has 1 unspecified atom stereocenters. The van der Waals surface area contributed by atoms with Crippen molar-refractivity contribution in [1.29, 1.82) is 0 Å². The van der Waals surface area contributed by atoms with Gasteiger partial charge in [0.1, 0.15) is 23.1 Å². The SMILES string of the molecule is Cc1cc(C#CCN2C[C@@H]3C[C@H]2CO3)cc(C(=O)NC(c2ccc(F)cc2)c2cc(F)ccc2O)n1. The number of aromatic nitrogens is 1. The van der Waals surface area contributed by atoms with Crippen LogP contribution in [0.5, 0.6) is 5.75 Å². The fourth-order valence-corrected chi connectivity index (χ4v) is 4.73. The number of phenols is 1. The number of aryl methyl sites for hydroxylation is 1. The Morgan fingerprint density at radius 3 is 2.69 bits per heavy atom. The summed E-state index contributed by atoms with van der Waals surface area (Å²) in [4.78, 5) is 19.9. The Balaban J connectivity index is 1.38. The van der Waals surface area contributed by atoms with Gasteiger partial charge in [-0.3, -0.25) is 9.69 Å². The van der Waals surface area contributed by atoms with Crippen molar-refractivity contribution in [3.8, 4) is 17.6 Å².